The van der Waals surface area contributed by atoms with Gasteiger partial charge in [-0.05, 0) is 12.1 Å². The van der Waals surface area contributed by atoms with Gasteiger partial charge in [0.15, 0.2) is 0 Å². The lowest BCUT2D eigenvalue weighted by atomic mass is 10.1. The van der Waals surface area contributed by atoms with Crippen molar-refractivity contribution in [3.8, 4) is 12.3 Å². The van der Waals surface area contributed by atoms with Crippen LogP contribution in [-0.4, -0.2) is 47.1 Å². The Labute approximate surface area is 116 Å². The van der Waals surface area contributed by atoms with Gasteiger partial charge in [-0.25, -0.2) is 0 Å². The Morgan fingerprint density at radius 2 is 2.10 bits per heavy atom. The third kappa shape index (κ3) is 1.77. The Kier molecular flexibility index (Phi) is 2.96. The van der Waals surface area contributed by atoms with Crippen LogP contribution in [0.5, 0.6) is 0 Å². The minimum Gasteiger partial charge on any atom is -0.391 e. The van der Waals surface area contributed by atoms with E-state index in [0.29, 0.717) is 11.3 Å². The molecule has 0 radical (unpaired) electrons. The predicted molar refractivity (Wildman–Crippen MR) is 73.1 cm³/mol. The summed E-state index contributed by atoms with van der Waals surface area (Å²) < 4.78 is 0. The van der Waals surface area contributed by atoms with Crippen LogP contribution in [0.3, 0.4) is 0 Å². The second kappa shape index (κ2) is 4.66. The Hall–Kier alpha value is -2.32. The molecule has 5 nitrogen and oxygen atoms in total. The monoisotopic (exact) mass is 270 g/mol. The maximum absolute atomic E-state index is 12.6. The maximum atomic E-state index is 12.6. The molecule has 1 fully saturated rings. The predicted octanol–water partition coefficient (Wildman–Crippen LogP) is 0.242. The van der Waals surface area contributed by atoms with Crippen LogP contribution in [0.15, 0.2) is 24.3 Å². The van der Waals surface area contributed by atoms with Gasteiger partial charge in [-0.3, -0.25) is 14.5 Å². The summed E-state index contributed by atoms with van der Waals surface area (Å²) in [6.45, 7) is 0.303. The van der Waals surface area contributed by atoms with E-state index in [2.05, 4.69) is 5.92 Å². The molecule has 2 heterocycles. The molecule has 1 aromatic rings. The number of fused-ring (bicyclic) bond motifs is 2. The molecule has 1 N–H and O–H groups in total. The fraction of sp³-hybridized carbons (Fsp3) is 0.333. The molecule has 20 heavy (non-hydrogen) atoms. The zero-order chi connectivity index (χ0) is 14.3. The minimum absolute atomic E-state index is 0.115. The van der Waals surface area contributed by atoms with Crippen molar-refractivity contribution in [1.82, 2.24) is 4.90 Å². The molecular formula is C15H14N2O3. The molecule has 2 atom stereocenters. The molecule has 1 aromatic carbocycles. The molecular weight excluding hydrogens is 256 g/mol. The molecule has 2 aliphatic heterocycles. The minimum atomic E-state index is -0.661. The van der Waals surface area contributed by atoms with Gasteiger partial charge < -0.3 is 10.0 Å². The summed E-state index contributed by atoms with van der Waals surface area (Å²) in [4.78, 5) is 28.0. The summed E-state index contributed by atoms with van der Waals surface area (Å²) in [6.07, 6.45) is 4.94. The van der Waals surface area contributed by atoms with E-state index in [4.69, 9.17) is 6.42 Å². The lowest BCUT2D eigenvalue weighted by Crippen LogP contribution is -2.45. The van der Waals surface area contributed by atoms with Crippen molar-refractivity contribution in [2.75, 3.05) is 18.0 Å². The fourth-order valence-corrected chi connectivity index (χ4v) is 2.87. The van der Waals surface area contributed by atoms with E-state index < -0.39 is 12.1 Å². The summed E-state index contributed by atoms with van der Waals surface area (Å²) >= 11 is 0. The SMILES string of the molecule is C#CCN1C(=O)[C@@H]2C[C@@H](O)CN2C(=O)c2ccccc21. The Balaban J connectivity index is 2.14. The highest BCUT2D eigenvalue weighted by molar-refractivity contribution is 6.11. The smallest absolute Gasteiger partial charge is 0.256 e. The lowest BCUT2D eigenvalue weighted by Gasteiger charge is -2.23. The average molecular weight is 270 g/mol. The van der Waals surface area contributed by atoms with Crippen molar-refractivity contribution >= 4 is 17.5 Å². The number of aliphatic hydroxyl groups excluding tert-OH is 1. The number of terminal acetylenes is 1. The normalized spacial score (nSPS) is 25.0. The van der Waals surface area contributed by atoms with Crippen LogP contribution >= 0.6 is 0 Å². The first-order valence-electron chi connectivity index (χ1n) is 6.46. The van der Waals surface area contributed by atoms with E-state index in [0.717, 1.165) is 0 Å². The van der Waals surface area contributed by atoms with Gasteiger partial charge in [0.2, 0.25) is 0 Å². The zero-order valence-electron chi connectivity index (χ0n) is 10.8. The molecule has 0 bridgehead atoms. The number of nitrogens with zero attached hydrogens (tertiary/aromatic N) is 2. The fourth-order valence-electron chi connectivity index (χ4n) is 2.87. The third-order valence-electron chi connectivity index (χ3n) is 3.77. The van der Waals surface area contributed by atoms with Crippen LogP contribution < -0.4 is 4.90 Å². The van der Waals surface area contributed by atoms with Gasteiger partial charge in [0, 0.05) is 13.0 Å². The molecule has 2 aliphatic rings. The van der Waals surface area contributed by atoms with Crippen molar-refractivity contribution in [1.29, 1.82) is 0 Å². The maximum Gasteiger partial charge on any atom is 0.256 e. The molecule has 2 amide bonds. The van der Waals surface area contributed by atoms with Gasteiger partial charge in [-0.15, -0.1) is 6.42 Å². The van der Waals surface area contributed by atoms with Crippen LogP contribution in [-0.2, 0) is 4.79 Å². The number of carbonyl (C=O) groups is 2. The molecule has 0 aromatic heterocycles. The highest BCUT2D eigenvalue weighted by Gasteiger charge is 2.44. The number of hydrogen-bond donors (Lipinski definition) is 1. The molecule has 3 rings (SSSR count). The second-order valence-electron chi connectivity index (χ2n) is 5.01. The second-order valence-corrected chi connectivity index (χ2v) is 5.01. The van der Waals surface area contributed by atoms with E-state index in [9.17, 15) is 14.7 Å². The quantitative estimate of drug-likeness (QED) is 0.744. The van der Waals surface area contributed by atoms with E-state index in [1.54, 1.807) is 24.3 Å². The van der Waals surface area contributed by atoms with Gasteiger partial charge >= 0.3 is 0 Å². The van der Waals surface area contributed by atoms with Crippen LogP contribution in [0.1, 0.15) is 16.8 Å². The number of amides is 2. The van der Waals surface area contributed by atoms with Gasteiger partial charge in [-0.1, -0.05) is 18.1 Å². The Morgan fingerprint density at radius 1 is 1.35 bits per heavy atom. The van der Waals surface area contributed by atoms with Crippen molar-refractivity contribution in [3.63, 3.8) is 0 Å². The van der Waals surface area contributed by atoms with E-state index in [-0.39, 0.29) is 31.3 Å². The first kappa shape index (κ1) is 12.7. The number of anilines is 1. The summed E-state index contributed by atoms with van der Waals surface area (Å²) in [7, 11) is 0. The molecule has 0 aliphatic carbocycles. The van der Waals surface area contributed by atoms with Crippen LogP contribution in [0.2, 0.25) is 0 Å². The molecule has 1 saturated heterocycles. The molecule has 0 saturated carbocycles. The van der Waals surface area contributed by atoms with E-state index >= 15 is 0 Å². The van der Waals surface area contributed by atoms with Gasteiger partial charge in [0.25, 0.3) is 11.8 Å². The number of para-hydroxylation sites is 1. The number of benzene rings is 1. The van der Waals surface area contributed by atoms with Crippen molar-refractivity contribution in [2.45, 2.75) is 18.6 Å². The summed E-state index contributed by atoms with van der Waals surface area (Å²) in [6, 6.07) is 6.30. The van der Waals surface area contributed by atoms with Gasteiger partial charge in [0.1, 0.15) is 6.04 Å². The zero-order valence-corrected chi connectivity index (χ0v) is 10.8. The van der Waals surface area contributed by atoms with Crippen LogP contribution in [0, 0.1) is 12.3 Å². The van der Waals surface area contributed by atoms with Crippen LogP contribution in [0.25, 0.3) is 0 Å². The number of aliphatic hydroxyl groups is 1. The summed E-state index contributed by atoms with van der Waals surface area (Å²) in [5, 5.41) is 9.75. The highest BCUT2D eigenvalue weighted by atomic mass is 16.3. The van der Waals surface area contributed by atoms with Crippen molar-refractivity contribution < 1.29 is 14.7 Å². The standard InChI is InChI=1S/C15H14N2O3/c1-2-7-16-12-6-4-3-5-11(12)14(19)17-9-10(18)8-13(17)15(16)20/h1,3-6,10,13,18H,7-9H2/t10-,13+/m1/s1. The third-order valence-corrected chi connectivity index (χ3v) is 3.77. The van der Waals surface area contributed by atoms with Gasteiger partial charge in [0.05, 0.1) is 23.9 Å². The van der Waals surface area contributed by atoms with Crippen molar-refractivity contribution in [3.05, 3.63) is 29.8 Å². The van der Waals surface area contributed by atoms with E-state index in [1.165, 1.54) is 9.80 Å². The Morgan fingerprint density at radius 3 is 2.85 bits per heavy atom. The van der Waals surface area contributed by atoms with Gasteiger partial charge in [-0.2, -0.15) is 0 Å². The Bertz CT molecular complexity index is 620. The highest BCUT2D eigenvalue weighted by Crippen LogP contribution is 2.32. The first-order chi connectivity index (χ1) is 9.63. The van der Waals surface area contributed by atoms with Crippen molar-refractivity contribution in [2.24, 2.45) is 0 Å². The average Bonchev–Trinajstić information content (AvgIpc) is 2.82. The number of hydrogen-bond acceptors (Lipinski definition) is 3. The number of carbonyl (C=O) groups excluding carboxylic acids is 2. The summed E-state index contributed by atoms with van der Waals surface area (Å²) in [5.41, 5.74) is 0.997. The lowest BCUT2D eigenvalue weighted by molar-refractivity contribution is -0.122. The topological polar surface area (TPSA) is 60.9 Å². The van der Waals surface area contributed by atoms with Crippen LogP contribution in [0.4, 0.5) is 5.69 Å². The largest absolute Gasteiger partial charge is 0.391 e. The number of rotatable bonds is 1. The first-order valence-corrected chi connectivity index (χ1v) is 6.46. The molecule has 5 heteroatoms. The molecule has 0 spiro atoms. The summed E-state index contributed by atoms with van der Waals surface area (Å²) in [5.74, 6) is 2.00. The van der Waals surface area contributed by atoms with E-state index in [1.807, 2.05) is 0 Å². The molecule has 0 unspecified atom stereocenters. The molecule has 102 valence electrons.